The Kier molecular flexibility index (Phi) is 5.16. The van der Waals surface area contributed by atoms with Crippen molar-refractivity contribution in [3.63, 3.8) is 0 Å². The zero-order chi connectivity index (χ0) is 10.5. The van der Waals surface area contributed by atoms with E-state index in [2.05, 4.69) is 0 Å². The molecule has 0 heterocycles. The SMILES string of the molecule is [GaH2][CH2]C(C1CCCCC1)C1CCCCC1. The van der Waals surface area contributed by atoms with Crippen LogP contribution in [0.2, 0.25) is 4.98 Å². The van der Waals surface area contributed by atoms with Crippen molar-refractivity contribution in [1.29, 1.82) is 0 Å². The second-order valence-electron chi connectivity index (χ2n) is 5.87. The van der Waals surface area contributed by atoms with Gasteiger partial charge < -0.3 is 0 Å². The summed E-state index contributed by atoms with van der Waals surface area (Å²) in [5.41, 5.74) is 0. The first-order chi connectivity index (χ1) is 7.42. The van der Waals surface area contributed by atoms with Crippen molar-refractivity contribution >= 4 is 18.6 Å². The van der Waals surface area contributed by atoms with Crippen LogP contribution in [0.4, 0.5) is 0 Å². The van der Waals surface area contributed by atoms with Crippen LogP contribution in [-0.4, -0.2) is 18.6 Å². The van der Waals surface area contributed by atoms with Crippen LogP contribution in [-0.2, 0) is 0 Å². The van der Waals surface area contributed by atoms with Gasteiger partial charge in [-0.3, -0.25) is 0 Å². The molecule has 15 heavy (non-hydrogen) atoms. The zero-order valence-electron chi connectivity index (χ0n) is 10.5. The molecule has 0 bridgehead atoms. The van der Waals surface area contributed by atoms with Gasteiger partial charge in [-0.2, -0.15) is 0 Å². The average Bonchev–Trinajstić information content (AvgIpc) is 2.33. The van der Waals surface area contributed by atoms with E-state index in [1.54, 1.807) is 56.3 Å². The summed E-state index contributed by atoms with van der Waals surface area (Å²) in [7, 11) is 0. The molecule has 0 aromatic rings. The van der Waals surface area contributed by atoms with Crippen molar-refractivity contribution in [3.05, 3.63) is 0 Å². The number of hydrogen-bond acceptors (Lipinski definition) is 0. The molecular formula is C14H27Ga. The van der Waals surface area contributed by atoms with Crippen molar-refractivity contribution in [1.82, 2.24) is 0 Å². The van der Waals surface area contributed by atoms with E-state index in [-0.39, 0.29) is 0 Å². The Morgan fingerprint density at radius 2 is 1.13 bits per heavy atom. The molecule has 0 spiro atoms. The van der Waals surface area contributed by atoms with Crippen molar-refractivity contribution in [2.24, 2.45) is 17.8 Å². The fourth-order valence-corrected chi connectivity index (χ4v) is 6.97. The minimum atomic E-state index is 1.09. The van der Waals surface area contributed by atoms with E-state index in [0.29, 0.717) is 0 Å². The molecule has 0 aromatic carbocycles. The van der Waals surface area contributed by atoms with E-state index in [1.165, 1.54) is 18.8 Å². The quantitative estimate of drug-likeness (QED) is 0.680. The van der Waals surface area contributed by atoms with Gasteiger partial charge in [0.2, 0.25) is 0 Å². The predicted octanol–water partition coefficient (Wildman–Crippen LogP) is 3.81. The van der Waals surface area contributed by atoms with E-state index in [9.17, 15) is 0 Å². The summed E-state index contributed by atoms with van der Waals surface area (Å²) in [6, 6.07) is 0. The standard InChI is InChI=1S/C14H25.Ga.2H/c1-12(13-8-4-2-5-9-13)14-10-6-3-7-11-14;;;/h12-14H,1-11H2;;;. The summed E-state index contributed by atoms with van der Waals surface area (Å²) in [6.45, 7) is 0. The molecule has 2 rings (SSSR count). The minimum absolute atomic E-state index is 1.09. The van der Waals surface area contributed by atoms with Crippen LogP contribution in [0.25, 0.3) is 0 Å². The monoisotopic (exact) mass is 264 g/mol. The van der Waals surface area contributed by atoms with Crippen LogP contribution in [0.5, 0.6) is 0 Å². The maximum atomic E-state index is 1.64. The molecule has 2 aliphatic rings. The zero-order valence-corrected chi connectivity index (χ0v) is 14.7. The third-order valence-corrected chi connectivity index (χ3v) is 6.96. The fraction of sp³-hybridized carbons (Fsp3) is 1.00. The van der Waals surface area contributed by atoms with Gasteiger partial charge in [0.1, 0.15) is 0 Å². The molecule has 0 saturated heterocycles. The third kappa shape index (κ3) is 3.29. The third-order valence-electron chi connectivity index (χ3n) is 4.98. The Balaban J connectivity index is 1.88. The van der Waals surface area contributed by atoms with Crippen LogP contribution in [0.15, 0.2) is 0 Å². The Morgan fingerprint density at radius 3 is 1.47 bits per heavy atom. The van der Waals surface area contributed by atoms with Crippen molar-refractivity contribution in [3.8, 4) is 0 Å². The van der Waals surface area contributed by atoms with Gasteiger partial charge in [-0.25, -0.2) is 0 Å². The first kappa shape index (κ1) is 12.1. The van der Waals surface area contributed by atoms with E-state index < -0.39 is 0 Å². The molecule has 0 aromatic heterocycles. The topological polar surface area (TPSA) is 0 Å². The molecule has 0 unspecified atom stereocenters. The van der Waals surface area contributed by atoms with Crippen LogP contribution >= 0.6 is 0 Å². The number of rotatable bonds is 3. The molecule has 2 saturated carbocycles. The Labute approximate surface area is 106 Å². The molecule has 0 amide bonds. The first-order valence-corrected chi connectivity index (χ1v) is 10.4. The molecule has 2 fully saturated rings. The van der Waals surface area contributed by atoms with Crippen molar-refractivity contribution in [2.75, 3.05) is 0 Å². The second-order valence-corrected chi connectivity index (χ2v) is 7.58. The Hall–Kier alpha value is 0.636. The predicted molar refractivity (Wildman–Crippen MR) is 70.0 cm³/mol. The summed E-state index contributed by atoms with van der Waals surface area (Å²) >= 11 is 1.09. The van der Waals surface area contributed by atoms with Crippen LogP contribution in [0.1, 0.15) is 64.2 Å². The van der Waals surface area contributed by atoms with Crippen molar-refractivity contribution < 1.29 is 0 Å². The summed E-state index contributed by atoms with van der Waals surface area (Å²) in [5.74, 6) is 3.47. The van der Waals surface area contributed by atoms with Crippen LogP contribution < -0.4 is 0 Å². The fourth-order valence-electron chi connectivity index (χ4n) is 4.18. The number of hydrogen-bond donors (Lipinski definition) is 0. The second kappa shape index (κ2) is 6.39. The van der Waals surface area contributed by atoms with E-state index in [4.69, 9.17) is 0 Å². The molecule has 2 aliphatic carbocycles. The van der Waals surface area contributed by atoms with E-state index in [0.717, 1.165) is 30.4 Å². The summed E-state index contributed by atoms with van der Waals surface area (Å²) in [4.78, 5) is 1.64. The summed E-state index contributed by atoms with van der Waals surface area (Å²) < 4.78 is 0. The molecule has 0 radical (unpaired) electrons. The molecular weight excluding hydrogens is 238 g/mol. The molecule has 0 nitrogen and oxygen atoms in total. The maximum absolute atomic E-state index is 1.64. The average molecular weight is 265 g/mol. The van der Waals surface area contributed by atoms with Gasteiger partial charge >= 0.3 is 106 Å². The van der Waals surface area contributed by atoms with Gasteiger partial charge in [-0.1, -0.05) is 0 Å². The van der Waals surface area contributed by atoms with Crippen molar-refractivity contribution in [2.45, 2.75) is 69.2 Å². The van der Waals surface area contributed by atoms with Gasteiger partial charge in [-0.15, -0.1) is 0 Å². The van der Waals surface area contributed by atoms with Crippen LogP contribution in [0, 0.1) is 17.8 Å². The molecule has 0 N–H and O–H groups in total. The molecule has 0 aliphatic heterocycles. The van der Waals surface area contributed by atoms with E-state index >= 15 is 0 Å². The van der Waals surface area contributed by atoms with Gasteiger partial charge in [-0.05, 0) is 0 Å². The normalized spacial score (nSPS) is 25.9. The van der Waals surface area contributed by atoms with E-state index in [1.807, 2.05) is 0 Å². The summed E-state index contributed by atoms with van der Waals surface area (Å²) in [5, 5.41) is 0. The first-order valence-electron chi connectivity index (χ1n) is 7.42. The summed E-state index contributed by atoms with van der Waals surface area (Å²) in [6.07, 6.45) is 15.5. The molecule has 86 valence electrons. The Morgan fingerprint density at radius 1 is 0.733 bits per heavy atom. The Bertz CT molecular complexity index is 148. The molecule has 1 heteroatoms. The van der Waals surface area contributed by atoms with Gasteiger partial charge in [0.25, 0.3) is 0 Å². The van der Waals surface area contributed by atoms with Gasteiger partial charge in [0.05, 0.1) is 0 Å². The molecule has 0 atom stereocenters. The van der Waals surface area contributed by atoms with Crippen LogP contribution in [0.3, 0.4) is 0 Å². The van der Waals surface area contributed by atoms with Gasteiger partial charge in [0.15, 0.2) is 0 Å². The van der Waals surface area contributed by atoms with Gasteiger partial charge in [0, 0.05) is 0 Å².